The Morgan fingerprint density at radius 2 is 1.96 bits per heavy atom. The van der Waals surface area contributed by atoms with Crippen LogP contribution in [0, 0.1) is 13.8 Å². The lowest BCUT2D eigenvalue weighted by Crippen LogP contribution is -2.32. The van der Waals surface area contributed by atoms with Crippen LogP contribution in [-0.2, 0) is 11.2 Å². The van der Waals surface area contributed by atoms with Crippen molar-refractivity contribution in [2.45, 2.75) is 26.3 Å². The van der Waals surface area contributed by atoms with Gasteiger partial charge in [-0.15, -0.1) is 11.3 Å². The number of fused-ring (bicyclic) bond motifs is 1. The van der Waals surface area contributed by atoms with Crippen LogP contribution < -0.4 is 5.32 Å². The average Bonchev–Trinajstić information content (AvgIpc) is 2.84. The molecule has 7 heteroatoms. The van der Waals surface area contributed by atoms with Gasteiger partial charge in [-0.1, -0.05) is 12.1 Å². The number of carbonyl (C=O) groups is 1. The molecule has 6 nitrogen and oxygen atoms in total. The van der Waals surface area contributed by atoms with E-state index in [0.29, 0.717) is 5.82 Å². The minimum atomic E-state index is -0.959. The van der Waals surface area contributed by atoms with Crippen molar-refractivity contribution in [1.29, 1.82) is 0 Å². The van der Waals surface area contributed by atoms with E-state index in [1.54, 1.807) is 35.6 Å². The van der Waals surface area contributed by atoms with Crippen molar-refractivity contribution in [3.05, 3.63) is 46.6 Å². The molecule has 0 aliphatic carbocycles. The lowest BCUT2D eigenvalue weighted by molar-refractivity contribution is -0.137. The third-order valence-corrected chi connectivity index (χ3v) is 5.07. The van der Waals surface area contributed by atoms with Crippen LogP contribution in [0.25, 0.3) is 10.2 Å². The fourth-order valence-corrected chi connectivity index (χ4v) is 3.52. The molecule has 0 spiro atoms. The number of rotatable bonds is 5. The fraction of sp³-hybridized carbons (Fsp3) is 0.235. The van der Waals surface area contributed by atoms with Crippen LogP contribution in [0.1, 0.15) is 16.0 Å². The Morgan fingerprint density at radius 1 is 1.25 bits per heavy atom. The molecule has 0 saturated carbocycles. The van der Waals surface area contributed by atoms with Crippen molar-refractivity contribution >= 4 is 33.3 Å². The van der Waals surface area contributed by atoms with Crippen LogP contribution in [0.15, 0.2) is 30.6 Å². The zero-order valence-corrected chi connectivity index (χ0v) is 14.1. The molecule has 0 fully saturated rings. The fourth-order valence-electron chi connectivity index (χ4n) is 2.52. The number of nitrogens with one attached hydrogen (secondary N) is 1. The number of carboxylic acid groups (broad SMARTS) is 1. The minimum Gasteiger partial charge on any atom is -0.508 e. The first-order chi connectivity index (χ1) is 11.5. The molecular formula is C17H17N3O3S. The Hall–Kier alpha value is -2.67. The molecule has 0 aliphatic rings. The lowest BCUT2D eigenvalue weighted by atomic mass is 10.1. The second-order valence-electron chi connectivity index (χ2n) is 5.59. The van der Waals surface area contributed by atoms with E-state index in [1.165, 1.54) is 6.33 Å². The van der Waals surface area contributed by atoms with Crippen molar-refractivity contribution in [3.8, 4) is 5.75 Å². The van der Waals surface area contributed by atoms with Gasteiger partial charge in [-0.25, -0.2) is 14.8 Å². The van der Waals surface area contributed by atoms with Gasteiger partial charge >= 0.3 is 5.97 Å². The molecule has 1 atom stereocenters. The highest BCUT2D eigenvalue weighted by Gasteiger charge is 2.21. The number of hydrogen-bond donors (Lipinski definition) is 3. The predicted octanol–water partition coefficient (Wildman–Crippen LogP) is 3.12. The zero-order chi connectivity index (χ0) is 17.3. The summed E-state index contributed by atoms with van der Waals surface area (Å²) in [4.78, 5) is 22.1. The van der Waals surface area contributed by atoms with Gasteiger partial charge in [0.1, 0.15) is 28.8 Å². The van der Waals surface area contributed by atoms with E-state index >= 15 is 0 Å². The van der Waals surface area contributed by atoms with Crippen LogP contribution in [0.5, 0.6) is 5.75 Å². The van der Waals surface area contributed by atoms with Crippen LogP contribution in [-0.4, -0.2) is 32.2 Å². The van der Waals surface area contributed by atoms with Crippen LogP contribution in [0.4, 0.5) is 5.82 Å². The molecule has 3 aromatic rings. The Balaban J connectivity index is 1.91. The monoisotopic (exact) mass is 343 g/mol. The number of carboxylic acids is 1. The van der Waals surface area contributed by atoms with Gasteiger partial charge in [0.15, 0.2) is 0 Å². The third kappa shape index (κ3) is 3.16. The molecule has 124 valence electrons. The highest BCUT2D eigenvalue weighted by molar-refractivity contribution is 7.18. The Kier molecular flexibility index (Phi) is 4.35. The summed E-state index contributed by atoms with van der Waals surface area (Å²) in [6, 6.07) is 5.69. The summed E-state index contributed by atoms with van der Waals surface area (Å²) in [7, 11) is 0. The van der Waals surface area contributed by atoms with E-state index in [1.807, 2.05) is 13.8 Å². The topological polar surface area (TPSA) is 95.3 Å². The highest BCUT2D eigenvalue weighted by atomic mass is 32.1. The van der Waals surface area contributed by atoms with Crippen molar-refractivity contribution in [1.82, 2.24) is 9.97 Å². The van der Waals surface area contributed by atoms with E-state index in [-0.39, 0.29) is 12.2 Å². The van der Waals surface area contributed by atoms with E-state index in [2.05, 4.69) is 15.3 Å². The SMILES string of the molecule is Cc1sc2ncnc(NC(Cc3ccc(O)cc3)C(=O)O)c2c1C. The van der Waals surface area contributed by atoms with Crippen LogP contribution in [0.2, 0.25) is 0 Å². The molecule has 2 aromatic heterocycles. The summed E-state index contributed by atoms with van der Waals surface area (Å²) in [6.45, 7) is 4.00. The number of aliphatic carboxylic acids is 1. The normalized spacial score (nSPS) is 12.2. The zero-order valence-electron chi connectivity index (χ0n) is 13.3. The smallest absolute Gasteiger partial charge is 0.326 e. The van der Waals surface area contributed by atoms with Crippen LogP contribution in [0.3, 0.4) is 0 Å². The first-order valence-corrected chi connectivity index (χ1v) is 8.25. The highest BCUT2D eigenvalue weighted by Crippen LogP contribution is 2.32. The molecule has 0 amide bonds. The number of hydrogen-bond acceptors (Lipinski definition) is 6. The maximum atomic E-state index is 11.6. The summed E-state index contributed by atoms with van der Waals surface area (Å²) in [5.74, 6) is -0.270. The molecular weight excluding hydrogens is 326 g/mol. The first kappa shape index (κ1) is 16.2. The van der Waals surface area contributed by atoms with Crippen LogP contribution >= 0.6 is 11.3 Å². The van der Waals surface area contributed by atoms with Gasteiger partial charge in [0.25, 0.3) is 0 Å². The molecule has 0 saturated heterocycles. The number of thiophene rings is 1. The summed E-state index contributed by atoms with van der Waals surface area (Å²) in [5.41, 5.74) is 1.88. The van der Waals surface area contributed by atoms with Gasteiger partial charge in [0.2, 0.25) is 0 Å². The summed E-state index contributed by atoms with van der Waals surface area (Å²) in [6.07, 6.45) is 1.72. The summed E-state index contributed by atoms with van der Waals surface area (Å²) in [5, 5.41) is 22.8. The first-order valence-electron chi connectivity index (χ1n) is 7.43. The number of aromatic hydroxyl groups is 1. The predicted molar refractivity (Wildman–Crippen MR) is 93.7 cm³/mol. The molecule has 0 bridgehead atoms. The Labute approximate surface area is 142 Å². The average molecular weight is 343 g/mol. The largest absolute Gasteiger partial charge is 0.508 e. The van der Waals surface area contributed by atoms with E-state index in [0.717, 1.165) is 26.2 Å². The van der Waals surface area contributed by atoms with Gasteiger partial charge in [-0.05, 0) is 37.1 Å². The van der Waals surface area contributed by atoms with Gasteiger partial charge in [0, 0.05) is 11.3 Å². The van der Waals surface area contributed by atoms with Gasteiger partial charge in [-0.3, -0.25) is 0 Å². The standard InChI is InChI=1S/C17H17N3O3S/c1-9-10(2)24-16-14(9)15(18-8-19-16)20-13(17(22)23)7-11-3-5-12(21)6-4-11/h3-6,8,13,21H,7H2,1-2H3,(H,22,23)(H,18,19,20). The number of benzene rings is 1. The van der Waals surface area contributed by atoms with Crippen molar-refractivity contribution in [3.63, 3.8) is 0 Å². The quantitative estimate of drug-likeness (QED) is 0.659. The molecule has 1 aromatic carbocycles. The Bertz CT molecular complexity index is 890. The van der Waals surface area contributed by atoms with E-state index in [9.17, 15) is 15.0 Å². The van der Waals surface area contributed by atoms with E-state index < -0.39 is 12.0 Å². The molecule has 24 heavy (non-hydrogen) atoms. The lowest BCUT2D eigenvalue weighted by Gasteiger charge is -2.16. The number of phenols is 1. The molecule has 0 aliphatic heterocycles. The second-order valence-corrected chi connectivity index (χ2v) is 6.79. The Morgan fingerprint density at radius 3 is 2.62 bits per heavy atom. The molecule has 1 unspecified atom stereocenters. The van der Waals surface area contributed by atoms with Crippen molar-refractivity contribution in [2.75, 3.05) is 5.32 Å². The van der Waals surface area contributed by atoms with E-state index in [4.69, 9.17) is 0 Å². The number of aromatic nitrogens is 2. The maximum absolute atomic E-state index is 11.6. The van der Waals surface area contributed by atoms with Crippen molar-refractivity contribution < 1.29 is 15.0 Å². The van der Waals surface area contributed by atoms with Gasteiger partial charge in [0.05, 0.1) is 5.39 Å². The summed E-state index contributed by atoms with van der Waals surface area (Å²) < 4.78 is 0. The molecule has 3 rings (SSSR count). The number of nitrogens with zero attached hydrogens (tertiary/aromatic N) is 2. The molecule has 2 heterocycles. The van der Waals surface area contributed by atoms with Gasteiger partial charge in [-0.2, -0.15) is 0 Å². The molecule has 0 radical (unpaired) electrons. The minimum absolute atomic E-state index is 0.153. The van der Waals surface area contributed by atoms with Crippen molar-refractivity contribution in [2.24, 2.45) is 0 Å². The van der Waals surface area contributed by atoms with Gasteiger partial charge < -0.3 is 15.5 Å². The number of aryl methyl sites for hydroxylation is 2. The third-order valence-electron chi connectivity index (χ3n) is 3.95. The summed E-state index contributed by atoms with van der Waals surface area (Å²) >= 11 is 1.57. The number of anilines is 1. The number of phenolic OH excluding ortho intramolecular Hbond substituents is 1. The molecule has 3 N–H and O–H groups in total. The maximum Gasteiger partial charge on any atom is 0.326 e. The second kappa shape index (κ2) is 6.45.